The van der Waals surface area contributed by atoms with Gasteiger partial charge in [-0.15, -0.1) is 11.6 Å². The highest BCUT2D eigenvalue weighted by Gasteiger charge is 2.10. The Bertz CT molecular complexity index is 719. The molecule has 1 aromatic carbocycles. The molecule has 3 rings (SSSR count). The Hall–Kier alpha value is -1.52. The predicted octanol–water partition coefficient (Wildman–Crippen LogP) is 3.76. The summed E-state index contributed by atoms with van der Waals surface area (Å²) in [5.41, 5.74) is 2.04. The molecule has 0 aliphatic rings. The number of aryl methyl sites for hydroxylation is 3. The fourth-order valence-corrected chi connectivity index (χ4v) is 2.84. The van der Waals surface area contributed by atoms with Crippen LogP contribution in [0, 0.1) is 0 Å². The zero-order chi connectivity index (χ0) is 14.7. The standard InChI is InChI=1S/C15H16Cl2N4/c16-6-5-15-19-13-11-12(17)3-4-14(13)21(15)10-2-9-20-8-1-7-18-20/h1,3-4,7-8,11H,2,5-6,9-10H2. The summed E-state index contributed by atoms with van der Waals surface area (Å²) in [7, 11) is 0. The van der Waals surface area contributed by atoms with Crippen molar-refractivity contribution in [1.82, 2.24) is 19.3 Å². The van der Waals surface area contributed by atoms with Gasteiger partial charge in [-0.05, 0) is 30.7 Å². The summed E-state index contributed by atoms with van der Waals surface area (Å²) in [4.78, 5) is 4.65. The van der Waals surface area contributed by atoms with E-state index in [0.29, 0.717) is 10.9 Å². The number of nitrogens with zero attached hydrogens (tertiary/aromatic N) is 4. The Morgan fingerprint density at radius 2 is 2.10 bits per heavy atom. The number of fused-ring (bicyclic) bond motifs is 1. The number of alkyl halides is 1. The molecular formula is C15H16Cl2N4. The van der Waals surface area contributed by atoms with Gasteiger partial charge in [0, 0.05) is 42.8 Å². The quantitative estimate of drug-likeness (QED) is 0.648. The molecule has 0 aliphatic heterocycles. The van der Waals surface area contributed by atoms with Gasteiger partial charge in [0.1, 0.15) is 5.82 Å². The third kappa shape index (κ3) is 3.22. The Labute approximate surface area is 133 Å². The highest BCUT2D eigenvalue weighted by atomic mass is 35.5. The van der Waals surface area contributed by atoms with E-state index in [4.69, 9.17) is 23.2 Å². The number of benzene rings is 1. The molecule has 6 heteroatoms. The predicted molar refractivity (Wildman–Crippen MR) is 86.0 cm³/mol. The largest absolute Gasteiger partial charge is 0.328 e. The van der Waals surface area contributed by atoms with Crippen LogP contribution in [0.4, 0.5) is 0 Å². The molecule has 0 N–H and O–H groups in total. The molecule has 0 radical (unpaired) electrons. The van der Waals surface area contributed by atoms with Gasteiger partial charge in [-0.1, -0.05) is 11.6 Å². The zero-order valence-corrected chi connectivity index (χ0v) is 13.1. The molecule has 0 saturated carbocycles. The molecule has 0 bridgehead atoms. The van der Waals surface area contributed by atoms with Crippen molar-refractivity contribution < 1.29 is 0 Å². The van der Waals surface area contributed by atoms with Crippen LogP contribution in [0.2, 0.25) is 5.02 Å². The first-order chi connectivity index (χ1) is 10.3. The first-order valence-electron chi connectivity index (χ1n) is 6.96. The fourth-order valence-electron chi connectivity index (χ4n) is 2.50. The Morgan fingerprint density at radius 1 is 1.19 bits per heavy atom. The second-order valence-corrected chi connectivity index (χ2v) is 5.69. The van der Waals surface area contributed by atoms with Crippen LogP contribution in [0.25, 0.3) is 11.0 Å². The molecule has 3 aromatic rings. The third-order valence-corrected chi connectivity index (χ3v) is 3.86. The monoisotopic (exact) mass is 322 g/mol. The first-order valence-corrected chi connectivity index (χ1v) is 7.87. The summed E-state index contributed by atoms with van der Waals surface area (Å²) in [5.74, 6) is 1.58. The van der Waals surface area contributed by atoms with E-state index in [1.165, 1.54) is 0 Å². The van der Waals surface area contributed by atoms with Crippen LogP contribution in [-0.4, -0.2) is 25.2 Å². The van der Waals surface area contributed by atoms with Gasteiger partial charge >= 0.3 is 0 Å². The van der Waals surface area contributed by atoms with Crippen LogP contribution in [0.15, 0.2) is 36.7 Å². The van der Waals surface area contributed by atoms with Crippen molar-refractivity contribution in [2.75, 3.05) is 5.88 Å². The topological polar surface area (TPSA) is 35.6 Å². The van der Waals surface area contributed by atoms with Crippen molar-refractivity contribution in [2.45, 2.75) is 25.9 Å². The molecule has 2 aromatic heterocycles. The van der Waals surface area contributed by atoms with Gasteiger partial charge in [0.05, 0.1) is 11.0 Å². The minimum Gasteiger partial charge on any atom is -0.328 e. The molecule has 0 unspecified atom stereocenters. The van der Waals surface area contributed by atoms with Crippen LogP contribution < -0.4 is 0 Å². The van der Waals surface area contributed by atoms with Gasteiger partial charge in [-0.3, -0.25) is 4.68 Å². The van der Waals surface area contributed by atoms with Gasteiger partial charge in [0.25, 0.3) is 0 Å². The van der Waals surface area contributed by atoms with Crippen LogP contribution in [0.3, 0.4) is 0 Å². The lowest BCUT2D eigenvalue weighted by atomic mass is 10.3. The molecule has 2 heterocycles. The molecule has 21 heavy (non-hydrogen) atoms. The van der Waals surface area contributed by atoms with Crippen LogP contribution in [-0.2, 0) is 19.5 Å². The van der Waals surface area contributed by atoms with Crippen molar-refractivity contribution in [3.63, 3.8) is 0 Å². The van der Waals surface area contributed by atoms with E-state index in [1.807, 2.05) is 35.1 Å². The molecule has 4 nitrogen and oxygen atoms in total. The number of aromatic nitrogens is 4. The van der Waals surface area contributed by atoms with E-state index in [1.54, 1.807) is 6.20 Å². The van der Waals surface area contributed by atoms with E-state index in [2.05, 4.69) is 14.6 Å². The van der Waals surface area contributed by atoms with Gasteiger partial charge < -0.3 is 4.57 Å². The van der Waals surface area contributed by atoms with Gasteiger partial charge in [0.2, 0.25) is 0 Å². The highest BCUT2D eigenvalue weighted by Crippen LogP contribution is 2.21. The van der Waals surface area contributed by atoms with Crippen LogP contribution in [0.5, 0.6) is 0 Å². The van der Waals surface area contributed by atoms with E-state index in [9.17, 15) is 0 Å². The molecule has 0 aliphatic carbocycles. The number of halogens is 2. The van der Waals surface area contributed by atoms with E-state index < -0.39 is 0 Å². The lowest BCUT2D eigenvalue weighted by Gasteiger charge is -2.08. The summed E-state index contributed by atoms with van der Waals surface area (Å²) in [6.45, 7) is 1.78. The van der Waals surface area contributed by atoms with E-state index in [0.717, 1.165) is 42.8 Å². The van der Waals surface area contributed by atoms with Crippen molar-refractivity contribution in [1.29, 1.82) is 0 Å². The number of hydrogen-bond acceptors (Lipinski definition) is 2. The summed E-state index contributed by atoms with van der Waals surface area (Å²) >= 11 is 11.9. The van der Waals surface area contributed by atoms with E-state index in [-0.39, 0.29) is 0 Å². The summed E-state index contributed by atoms with van der Waals surface area (Å²) in [6.07, 6.45) is 5.53. The van der Waals surface area contributed by atoms with Crippen LogP contribution in [0.1, 0.15) is 12.2 Å². The molecular weight excluding hydrogens is 307 g/mol. The van der Waals surface area contributed by atoms with Crippen molar-refractivity contribution >= 4 is 34.2 Å². The zero-order valence-electron chi connectivity index (χ0n) is 11.5. The first kappa shape index (κ1) is 14.4. The second kappa shape index (κ2) is 6.50. The van der Waals surface area contributed by atoms with Gasteiger partial charge in [-0.25, -0.2) is 4.98 Å². The van der Waals surface area contributed by atoms with E-state index >= 15 is 0 Å². The molecule has 0 fully saturated rings. The normalized spacial score (nSPS) is 11.3. The third-order valence-electron chi connectivity index (χ3n) is 3.44. The maximum atomic E-state index is 6.04. The smallest absolute Gasteiger partial charge is 0.111 e. The van der Waals surface area contributed by atoms with Crippen molar-refractivity contribution in [3.05, 3.63) is 47.5 Å². The Morgan fingerprint density at radius 3 is 2.86 bits per heavy atom. The maximum absolute atomic E-state index is 6.04. The molecule has 110 valence electrons. The number of rotatable bonds is 6. The van der Waals surface area contributed by atoms with Crippen molar-refractivity contribution in [3.8, 4) is 0 Å². The number of hydrogen-bond donors (Lipinski definition) is 0. The molecule has 0 atom stereocenters. The Balaban J connectivity index is 1.82. The Kier molecular flexibility index (Phi) is 4.46. The second-order valence-electron chi connectivity index (χ2n) is 4.87. The maximum Gasteiger partial charge on any atom is 0.111 e. The lowest BCUT2D eigenvalue weighted by molar-refractivity contribution is 0.524. The average molecular weight is 323 g/mol. The van der Waals surface area contributed by atoms with Crippen molar-refractivity contribution in [2.24, 2.45) is 0 Å². The lowest BCUT2D eigenvalue weighted by Crippen LogP contribution is -2.08. The highest BCUT2D eigenvalue weighted by molar-refractivity contribution is 6.31. The number of imidazole rings is 1. The molecule has 0 spiro atoms. The average Bonchev–Trinajstić information content (AvgIpc) is 3.08. The molecule has 0 saturated heterocycles. The summed E-state index contributed by atoms with van der Waals surface area (Å²) in [5, 5.41) is 4.93. The van der Waals surface area contributed by atoms with Gasteiger partial charge in [-0.2, -0.15) is 5.10 Å². The van der Waals surface area contributed by atoms with Crippen LogP contribution >= 0.6 is 23.2 Å². The fraction of sp³-hybridized carbons (Fsp3) is 0.333. The molecule has 0 amide bonds. The summed E-state index contributed by atoms with van der Waals surface area (Å²) < 4.78 is 4.18. The SMILES string of the molecule is ClCCc1nc2cc(Cl)ccc2n1CCCn1cccn1. The summed E-state index contributed by atoms with van der Waals surface area (Å²) in [6, 6.07) is 7.77. The van der Waals surface area contributed by atoms with Gasteiger partial charge in [0.15, 0.2) is 0 Å². The minimum atomic E-state index is 0.566. The minimum absolute atomic E-state index is 0.566.